The third-order valence-corrected chi connectivity index (χ3v) is 12.7. The molecule has 4 saturated carbocycles. The summed E-state index contributed by atoms with van der Waals surface area (Å²) >= 11 is 0. The van der Waals surface area contributed by atoms with Crippen LogP contribution in [0.2, 0.25) is 0 Å². The van der Waals surface area contributed by atoms with E-state index in [4.69, 9.17) is 14.2 Å². The molecule has 1 N–H and O–H groups in total. The number of hydrogen-bond acceptors (Lipinski definition) is 5. The second-order valence-electron chi connectivity index (χ2n) is 15.1. The number of esters is 1. The zero-order chi connectivity index (χ0) is 29.0. The molecule has 1 aromatic rings. The minimum Gasteiger partial charge on any atom is -0.458 e. The topological polar surface area (TPSA) is 65.0 Å². The summed E-state index contributed by atoms with van der Waals surface area (Å²) in [5, 5.41) is 10.4. The highest BCUT2D eigenvalue weighted by Gasteiger charge is 2.65. The van der Waals surface area contributed by atoms with Crippen molar-refractivity contribution in [3.05, 3.63) is 48.0 Å². The van der Waals surface area contributed by atoms with E-state index in [1.165, 1.54) is 25.7 Å². The van der Waals surface area contributed by atoms with Crippen LogP contribution in [0, 0.1) is 52.3 Å². The van der Waals surface area contributed by atoms with Crippen LogP contribution in [-0.2, 0) is 14.2 Å². The zero-order valence-corrected chi connectivity index (χ0v) is 25.9. The van der Waals surface area contributed by atoms with E-state index < -0.39 is 11.9 Å². The van der Waals surface area contributed by atoms with E-state index in [9.17, 15) is 9.90 Å². The molecule has 0 amide bonds. The third kappa shape index (κ3) is 5.41. The predicted octanol–water partition coefficient (Wildman–Crippen LogP) is 8.07. The molecule has 5 fully saturated rings. The second kappa shape index (κ2) is 12.0. The highest BCUT2D eigenvalue weighted by molar-refractivity contribution is 5.89. The summed E-state index contributed by atoms with van der Waals surface area (Å²) < 4.78 is 19.0. The van der Waals surface area contributed by atoms with E-state index in [0.29, 0.717) is 54.3 Å². The zero-order valence-electron chi connectivity index (χ0n) is 25.9. The molecule has 1 aliphatic heterocycles. The molecule has 6 rings (SSSR count). The molecule has 42 heavy (non-hydrogen) atoms. The van der Waals surface area contributed by atoms with Crippen LogP contribution in [-0.4, -0.2) is 42.3 Å². The first kappa shape index (κ1) is 31.7. The molecule has 4 unspecified atom stereocenters. The summed E-state index contributed by atoms with van der Waals surface area (Å²) in [5.41, 5.74) is 1.07. The number of benzene rings is 1. The number of carbonyl (C=O) groups is 1. The maximum absolute atomic E-state index is 13.5. The smallest absolute Gasteiger partial charge is 0.338 e. The van der Waals surface area contributed by atoms with Gasteiger partial charge in [0.2, 0.25) is 0 Å². The van der Waals surface area contributed by atoms with E-state index in [0.717, 1.165) is 25.7 Å². The van der Waals surface area contributed by atoms with Crippen LogP contribution in [0.3, 0.4) is 0 Å². The van der Waals surface area contributed by atoms with Crippen molar-refractivity contribution in [2.45, 2.75) is 111 Å². The minimum atomic E-state index is -0.436. The van der Waals surface area contributed by atoms with Crippen molar-refractivity contribution in [1.29, 1.82) is 0 Å². The van der Waals surface area contributed by atoms with Gasteiger partial charge in [-0.15, -0.1) is 0 Å². The van der Waals surface area contributed by atoms with E-state index in [1.807, 2.05) is 36.4 Å². The highest BCUT2D eigenvalue weighted by Crippen LogP contribution is 2.69. The Hall–Kier alpha value is -1.69. The first-order valence-electron chi connectivity index (χ1n) is 16.5. The van der Waals surface area contributed by atoms with Gasteiger partial charge in [-0.3, -0.25) is 0 Å². The van der Waals surface area contributed by atoms with E-state index in [2.05, 4.69) is 40.7 Å². The molecule has 5 heteroatoms. The summed E-state index contributed by atoms with van der Waals surface area (Å²) in [5.74, 6) is 2.49. The molecule has 234 valence electrons. The summed E-state index contributed by atoms with van der Waals surface area (Å²) in [6, 6.07) is 9.53. The molecular formula is C37H56O5. The van der Waals surface area contributed by atoms with E-state index in [-0.39, 0.29) is 36.2 Å². The van der Waals surface area contributed by atoms with Gasteiger partial charge < -0.3 is 19.3 Å². The summed E-state index contributed by atoms with van der Waals surface area (Å²) in [6.45, 7) is 12.9. The molecular weight excluding hydrogens is 524 g/mol. The Balaban J connectivity index is 0.00000353. The van der Waals surface area contributed by atoms with Crippen LogP contribution in [0.25, 0.3) is 0 Å². The Morgan fingerprint density at radius 1 is 0.952 bits per heavy atom. The van der Waals surface area contributed by atoms with Gasteiger partial charge in [0, 0.05) is 18.8 Å². The highest BCUT2D eigenvalue weighted by atomic mass is 16.7. The monoisotopic (exact) mass is 580 g/mol. The lowest BCUT2D eigenvalue weighted by molar-refractivity contribution is -0.242. The summed E-state index contributed by atoms with van der Waals surface area (Å²) in [4.78, 5) is 13.5. The SMILES string of the molecule is C.CC(C)[C@H](O)/C=C/C(C)[C@H]1CCC2C3C(CC[C@@]21C)[C@@]1(C)CCC2(C[C@@H]1C[C@H]3OC(=O)c1ccccc1)OCCO2. The molecule has 0 aromatic heterocycles. The van der Waals surface area contributed by atoms with Crippen LogP contribution in [0.4, 0.5) is 0 Å². The minimum absolute atomic E-state index is 0. The lowest BCUT2D eigenvalue weighted by Crippen LogP contribution is -2.60. The predicted molar refractivity (Wildman–Crippen MR) is 167 cm³/mol. The van der Waals surface area contributed by atoms with Crippen LogP contribution >= 0.6 is 0 Å². The van der Waals surface area contributed by atoms with Gasteiger partial charge in [-0.05, 0) is 97.0 Å². The number of allylic oxidation sites excluding steroid dienone is 1. The van der Waals surface area contributed by atoms with Gasteiger partial charge in [0.1, 0.15) is 6.10 Å². The molecule has 4 aliphatic carbocycles. The Morgan fingerprint density at radius 3 is 2.33 bits per heavy atom. The van der Waals surface area contributed by atoms with Crippen LogP contribution in [0.1, 0.15) is 104 Å². The Labute approximate surface area is 254 Å². The molecule has 10 atom stereocenters. The number of hydrogen-bond donors (Lipinski definition) is 1. The van der Waals surface area contributed by atoms with Crippen LogP contribution < -0.4 is 0 Å². The lowest BCUT2D eigenvalue weighted by atomic mass is 9.43. The molecule has 1 heterocycles. The summed E-state index contributed by atoms with van der Waals surface area (Å²) in [7, 11) is 0. The number of carbonyl (C=O) groups excluding carboxylic acids is 1. The van der Waals surface area contributed by atoms with Crippen LogP contribution in [0.5, 0.6) is 0 Å². The average Bonchev–Trinajstić information content (AvgIpc) is 3.56. The fourth-order valence-electron chi connectivity index (χ4n) is 10.4. The quantitative estimate of drug-likeness (QED) is 0.272. The first-order chi connectivity index (χ1) is 19.6. The normalized spacial score (nSPS) is 40.2. The second-order valence-corrected chi connectivity index (χ2v) is 15.1. The van der Waals surface area contributed by atoms with Gasteiger partial charge in [0.15, 0.2) is 5.79 Å². The standard InChI is InChI=1S/C36H52O5.CH4/c1-23(2)30(37)14-11-24(3)27-12-13-28-32-29(15-16-35(27,28)5)34(4)17-18-36(39-19-20-40-36)22-26(34)21-31(32)41-33(38)25-9-7-6-8-10-25;/h6-11,14,23-24,26-32,37H,12-13,15-22H2,1-5H3;1H4/b14-11+;/t24?,26-,27+,28?,29?,30+,31+,32?,34-,35+;/m0./s1. The van der Waals surface area contributed by atoms with E-state index in [1.54, 1.807) is 0 Å². The van der Waals surface area contributed by atoms with Crippen molar-refractivity contribution in [3.63, 3.8) is 0 Å². The Bertz CT molecular complexity index is 1110. The molecule has 1 aromatic carbocycles. The fraction of sp³-hybridized carbons (Fsp3) is 0.757. The summed E-state index contributed by atoms with van der Waals surface area (Å²) in [6.07, 6.45) is 12.6. The van der Waals surface area contributed by atoms with Gasteiger partial charge in [0.25, 0.3) is 0 Å². The van der Waals surface area contributed by atoms with Crippen molar-refractivity contribution < 1.29 is 24.1 Å². The molecule has 1 saturated heterocycles. The van der Waals surface area contributed by atoms with Crippen LogP contribution in [0.15, 0.2) is 42.5 Å². The van der Waals surface area contributed by atoms with Crippen molar-refractivity contribution in [2.75, 3.05) is 13.2 Å². The largest absolute Gasteiger partial charge is 0.458 e. The maximum Gasteiger partial charge on any atom is 0.338 e. The average molecular weight is 581 g/mol. The maximum atomic E-state index is 13.5. The number of rotatable bonds is 6. The molecule has 5 nitrogen and oxygen atoms in total. The van der Waals surface area contributed by atoms with Crippen molar-refractivity contribution in [3.8, 4) is 0 Å². The fourth-order valence-corrected chi connectivity index (χ4v) is 10.4. The molecule has 0 bridgehead atoms. The number of ether oxygens (including phenoxy) is 3. The molecule has 0 radical (unpaired) electrons. The van der Waals surface area contributed by atoms with Crippen molar-refractivity contribution >= 4 is 5.97 Å². The van der Waals surface area contributed by atoms with Gasteiger partial charge in [-0.25, -0.2) is 4.79 Å². The Morgan fingerprint density at radius 2 is 1.64 bits per heavy atom. The van der Waals surface area contributed by atoms with Crippen molar-refractivity contribution in [1.82, 2.24) is 0 Å². The van der Waals surface area contributed by atoms with Gasteiger partial charge in [-0.1, -0.05) is 72.4 Å². The van der Waals surface area contributed by atoms with Gasteiger partial charge in [0.05, 0.1) is 24.9 Å². The number of aliphatic hydroxyl groups is 1. The number of fused-ring (bicyclic) bond motifs is 5. The van der Waals surface area contributed by atoms with Gasteiger partial charge in [-0.2, -0.15) is 0 Å². The molecule has 5 aliphatic rings. The number of aliphatic hydroxyl groups excluding tert-OH is 1. The Kier molecular flexibility index (Phi) is 9.07. The van der Waals surface area contributed by atoms with Gasteiger partial charge >= 0.3 is 5.97 Å². The third-order valence-electron chi connectivity index (χ3n) is 12.7. The first-order valence-corrected chi connectivity index (χ1v) is 16.5. The van der Waals surface area contributed by atoms with E-state index >= 15 is 0 Å². The molecule has 1 spiro atoms. The lowest BCUT2D eigenvalue weighted by Gasteiger charge is -2.63. The van der Waals surface area contributed by atoms with Crippen molar-refractivity contribution in [2.24, 2.45) is 52.3 Å².